The molecule has 3 rings (SSSR count). The zero-order valence-corrected chi connectivity index (χ0v) is 12.5. The van der Waals surface area contributed by atoms with E-state index in [4.69, 9.17) is 4.52 Å². The molecule has 6 nitrogen and oxygen atoms in total. The first kappa shape index (κ1) is 14.1. The van der Waals surface area contributed by atoms with Gasteiger partial charge >= 0.3 is 0 Å². The lowest BCUT2D eigenvalue weighted by atomic mass is 10.0. The molecule has 1 aliphatic rings. The molecule has 0 saturated heterocycles. The van der Waals surface area contributed by atoms with Gasteiger partial charge in [-0.15, -0.1) is 0 Å². The fraction of sp³-hybridized carbons (Fsp3) is 0.600. The first-order chi connectivity index (χ1) is 10.3. The van der Waals surface area contributed by atoms with Crippen molar-refractivity contribution in [2.75, 3.05) is 6.54 Å². The van der Waals surface area contributed by atoms with Crippen LogP contribution in [0.3, 0.4) is 0 Å². The predicted octanol–water partition coefficient (Wildman–Crippen LogP) is 2.47. The van der Waals surface area contributed by atoms with Crippen LogP contribution in [0.15, 0.2) is 16.9 Å². The molecule has 2 heterocycles. The molecule has 2 atom stereocenters. The summed E-state index contributed by atoms with van der Waals surface area (Å²) in [5.74, 6) is 2.02. The highest BCUT2D eigenvalue weighted by molar-refractivity contribution is 5.41. The minimum atomic E-state index is 0.309. The van der Waals surface area contributed by atoms with E-state index < -0.39 is 0 Å². The van der Waals surface area contributed by atoms with Gasteiger partial charge in [0.15, 0.2) is 0 Å². The lowest BCUT2D eigenvalue weighted by molar-refractivity contribution is 0.330. The summed E-state index contributed by atoms with van der Waals surface area (Å²) in [6.45, 7) is 5.16. The molecule has 0 aliphatic heterocycles. The highest BCUT2D eigenvalue weighted by Gasteiger charge is 2.32. The standard InChI is InChI=1S/C15H21N5O/c1-3-7-16-12-6-4-5-11(12)15-19-14(20-21-15)13-17-8-10(2)9-18-13/h8-9,11-12,16H,3-7H2,1-2H3. The number of aryl methyl sites for hydroxylation is 1. The van der Waals surface area contributed by atoms with Crippen LogP contribution < -0.4 is 5.32 Å². The van der Waals surface area contributed by atoms with Crippen LogP contribution in [0, 0.1) is 6.92 Å². The van der Waals surface area contributed by atoms with Gasteiger partial charge in [0.1, 0.15) is 0 Å². The van der Waals surface area contributed by atoms with Crippen molar-refractivity contribution in [3.63, 3.8) is 0 Å². The molecule has 21 heavy (non-hydrogen) atoms. The van der Waals surface area contributed by atoms with Gasteiger partial charge in [0.25, 0.3) is 0 Å². The lowest BCUT2D eigenvalue weighted by Crippen LogP contribution is -2.31. The molecule has 0 bridgehead atoms. The molecule has 1 saturated carbocycles. The molecule has 1 aliphatic carbocycles. The first-order valence-electron chi connectivity index (χ1n) is 7.64. The van der Waals surface area contributed by atoms with E-state index in [1.807, 2.05) is 6.92 Å². The van der Waals surface area contributed by atoms with Gasteiger partial charge in [-0.3, -0.25) is 0 Å². The van der Waals surface area contributed by atoms with Crippen LogP contribution in [-0.4, -0.2) is 32.7 Å². The van der Waals surface area contributed by atoms with E-state index in [2.05, 4.69) is 32.3 Å². The van der Waals surface area contributed by atoms with Gasteiger partial charge in [-0.2, -0.15) is 4.98 Å². The molecule has 0 radical (unpaired) electrons. The minimum absolute atomic E-state index is 0.309. The Labute approximate surface area is 124 Å². The van der Waals surface area contributed by atoms with Crippen molar-refractivity contribution in [1.29, 1.82) is 0 Å². The second-order valence-corrected chi connectivity index (χ2v) is 5.64. The van der Waals surface area contributed by atoms with E-state index in [1.165, 1.54) is 12.8 Å². The van der Waals surface area contributed by atoms with Crippen LogP contribution in [0.5, 0.6) is 0 Å². The third kappa shape index (κ3) is 3.10. The summed E-state index contributed by atoms with van der Waals surface area (Å²) in [4.78, 5) is 13.0. The maximum absolute atomic E-state index is 5.46. The van der Waals surface area contributed by atoms with Crippen molar-refractivity contribution in [2.24, 2.45) is 0 Å². The van der Waals surface area contributed by atoms with Crippen LogP contribution in [0.4, 0.5) is 0 Å². The summed E-state index contributed by atoms with van der Waals surface area (Å²) >= 11 is 0. The van der Waals surface area contributed by atoms with Crippen LogP contribution in [-0.2, 0) is 0 Å². The Morgan fingerprint density at radius 3 is 2.81 bits per heavy atom. The van der Waals surface area contributed by atoms with Gasteiger partial charge in [0, 0.05) is 18.4 Å². The Morgan fingerprint density at radius 2 is 2.05 bits per heavy atom. The highest BCUT2D eigenvalue weighted by Crippen LogP contribution is 2.34. The Kier molecular flexibility index (Phi) is 4.24. The second kappa shape index (κ2) is 6.30. The van der Waals surface area contributed by atoms with Gasteiger partial charge in [-0.05, 0) is 38.3 Å². The monoisotopic (exact) mass is 287 g/mol. The number of rotatable bonds is 5. The van der Waals surface area contributed by atoms with Crippen molar-refractivity contribution < 1.29 is 4.52 Å². The molecule has 0 aromatic carbocycles. The average molecular weight is 287 g/mol. The topological polar surface area (TPSA) is 76.7 Å². The second-order valence-electron chi connectivity index (χ2n) is 5.64. The SMILES string of the molecule is CCCNC1CCCC1c1nc(-c2ncc(C)cn2)no1. The molecule has 2 unspecified atom stereocenters. The van der Waals surface area contributed by atoms with E-state index in [1.54, 1.807) is 12.4 Å². The zero-order chi connectivity index (χ0) is 14.7. The Hall–Kier alpha value is -1.82. The predicted molar refractivity (Wildman–Crippen MR) is 78.7 cm³/mol. The summed E-state index contributed by atoms with van der Waals surface area (Å²) in [6.07, 6.45) is 8.13. The number of nitrogens with one attached hydrogen (secondary N) is 1. The quantitative estimate of drug-likeness (QED) is 0.910. The van der Waals surface area contributed by atoms with Gasteiger partial charge in [-0.25, -0.2) is 9.97 Å². The summed E-state index contributed by atoms with van der Waals surface area (Å²) in [6, 6.07) is 0.442. The molecule has 112 valence electrons. The van der Waals surface area contributed by atoms with E-state index in [0.29, 0.717) is 29.5 Å². The van der Waals surface area contributed by atoms with Crippen molar-refractivity contribution in [1.82, 2.24) is 25.4 Å². The van der Waals surface area contributed by atoms with Crippen molar-refractivity contribution in [3.8, 4) is 11.6 Å². The molecule has 6 heteroatoms. The fourth-order valence-electron chi connectivity index (χ4n) is 2.81. The Balaban J connectivity index is 1.76. The summed E-state index contributed by atoms with van der Waals surface area (Å²) in [5, 5.41) is 7.61. The average Bonchev–Trinajstić information content (AvgIpc) is 3.14. The van der Waals surface area contributed by atoms with E-state index in [9.17, 15) is 0 Å². The van der Waals surface area contributed by atoms with Gasteiger partial charge in [0.05, 0.1) is 5.92 Å². The molecule has 2 aromatic rings. The van der Waals surface area contributed by atoms with E-state index in [0.717, 1.165) is 24.9 Å². The van der Waals surface area contributed by atoms with Crippen molar-refractivity contribution >= 4 is 0 Å². The van der Waals surface area contributed by atoms with Gasteiger partial charge < -0.3 is 9.84 Å². The van der Waals surface area contributed by atoms with Crippen LogP contribution >= 0.6 is 0 Å². The molecule has 1 N–H and O–H groups in total. The number of nitrogens with zero attached hydrogens (tertiary/aromatic N) is 4. The van der Waals surface area contributed by atoms with Crippen molar-refractivity contribution in [2.45, 2.75) is 51.5 Å². The first-order valence-corrected chi connectivity index (χ1v) is 7.64. The largest absolute Gasteiger partial charge is 0.338 e. The van der Waals surface area contributed by atoms with E-state index >= 15 is 0 Å². The van der Waals surface area contributed by atoms with Crippen LogP contribution in [0.1, 0.15) is 50.0 Å². The summed E-state index contributed by atoms with van der Waals surface area (Å²) < 4.78 is 5.46. The van der Waals surface area contributed by atoms with Gasteiger partial charge in [-0.1, -0.05) is 18.5 Å². The summed E-state index contributed by atoms with van der Waals surface area (Å²) in [7, 11) is 0. The van der Waals surface area contributed by atoms with Crippen LogP contribution in [0.2, 0.25) is 0 Å². The lowest BCUT2D eigenvalue weighted by Gasteiger charge is -2.17. The molecular formula is C15H21N5O. The Morgan fingerprint density at radius 1 is 1.24 bits per heavy atom. The maximum Gasteiger partial charge on any atom is 0.240 e. The number of hydrogen-bond acceptors (Lipinski definition) is 6. The third-order valence-corrected chi connectivity index (χ3v) is 3.91. The third-order valence-electron chi connectivity index (χ3n) is 3.91. The normalized spacial score (nSPS) is 21.8. The Bertz CT molecular complexity index is 580. The minimum Gasteiger partial charge on any atom is -0.338 e. The highest BCUT2D eigenvalue weighted by atomic mass is 16.5. The molecule has 1 fully saturated rings. The molecule has 0 amide bonds. The molecular weight excluding hydrogens is 266 g/mol. The number of hydrogen-bond donors (Lipinski definition) is 1. The van der Waals surface area contributed by atoms with Crippen molar-refractivity contribution in [3.05, 3.63) is 23.8 Å². The summed E-state index contributed by atoms with van der Waals surface area (Å²) in [5.41, 5.74) is 1.02. The zero-order valence-electron chi connectivity index (χ0n) is 12.5. The fourth-order valence-corrected chi connectivity index (χ4v) is 2.81. The van der Waals surface area contributed by atoms with Gasteiger partial charge in [0.2, 0.25) is 17.5 Å². The van der Waals surface area contributed by atoms with Crippen LogP contribution in [0.25, 0.3) is 11.6 Å². The smallest absolute Gasteiger partial charge is 0.240 e. The number of aromatic nitrogens is 4. The molecule has 2 aromatic heterocycles. The maximum atomic E-state index is 5.46. The molecule has 0 spiro atoms. The van der Waals surface area contributed by atoms with E-state index in [-0.39, 0.29) is 0 Å².